The number of nitrogen functional groups attached to an aromatic ring is 1. The number of para-hydroxylation sites is 2. The predicted molar refractivity (Wildman–Crippen MR) is 80.4 cm³/mol. The Balaban J connectivity index is 1.72. The molecule has 0 unspecified atom stereocenters. The van der Waals surface area contributed by atoms with E-state index in [1.807, 2.05) is 24.3 Å². The van der Waals surface area contributed by atoms with Gasteiger partial charge in [-0.25, -0.2) is 0 Å². The van der Waals surface area contributed by atoms with Crippen molar-refractivity contribution in [3.8, 4) is 5.75 Å². The number of likely N-dealkylation sites (tertiary alicyclic amines) is 1. The lowest BCUT2D eigenvalue weighted by molar-refractivity contribution is 0.101. The van der Waals surface area contributed by atoms with Gasteiger partial charge in [-0.05, 0) is 43.5 Å². The molecule has 0 aliphatic carbocycles. The number of ether oxygens (including phenoxy) is 1. The normalized spacial score (nSPS) is 19.3. The van der Waals surface area contributed by atoms with Crippen LogP contribution in [0.4, 0.5) is 5.69 Å². The molecule has 0 radical (unpaired) electrons. The molecule has 1 heterocycles. The van der Waals surface area contributed by atoms with E-state index in [0.29, 0.717) is 5.41 Å². The first-order valence-corrected chi connectivity index (χ1v) is 7.33. The lowest BCUT2D eigenvalue weighted by Gasteiger charge is -2.38. The molecule has 0 bridgehead atoms. The maximum absolute atomic E-state index is 5.85. The number of nitrogens with two attached hydrogens (primary N) is 1. The minimum atomic E-state index is 0.557. The molecule has 106 valence electrons. The van der Waals surface area contributed by atoms with Gasteiger partial charge in [-0.3, -0.25) is 4.90 Å². The predicted octanol–water partition coefficient (Wildman–Crippen LogP) is 3.16. The highest BCUT2D eigenvalue weighted by molar-refractivity contribution is 5.51. The summed E-state index contributed by atoms with van der Waals surface area (Å²) < 4.78 is 5.75. The molecular weight excluding hydrogens is 236 g/mol. The van der Waals surface area contributed by atoms with Crippen molar-refractivity contribution < 1.29 is 4.74 Å². The van der Waals surface area contributed by atoms with E-state index in [2.05, 4.69) is 18.7 Å². The zero-order valence-corrected chi connectivity index (χ0v) is 12.2. The largest absolute Gasteiger partial charge is 0.490 e. The van der Waals surface area contributed by atoms with Crippen molar-refractivity contribution in [2.24, 2.45) is 5.41 Å². The molecule has 1 aromatic rings. The second-order valence-corrected chi connectivity index (χ2v) is 5.89. The fourth-order valence-electron chi connectivity index (χ4n) is 2.57. The fraction of sp³-hybridized carbons (Fsp3) is 0.625. The highest BCUT2D eigenvalue weighted by Crippen LogP contribution is 2.33. The van der Waals surface area contributed by atoms with Crippen LogP contribution in [0.25, 0.3) is 0 Å². The van der Waals surface area contributed by atoms with Gasteiger partial charge in [-0.2, -0.15) is 0 Å². The van der Waals surface area contributed by atoms with E-state index < -0.39 is 0 Å². The molecule has 0 saturated carbocycles. The van der Waals surface area contributed by atoms with E-state index in [9.17, 15) is 0 Å². The first kappa shape index (κ1) is 14.2. The van der Waals surface area contributed by atoms with E-state index in [1.54, 1.807) is 0 Å². The lowest BCUT2D eigenvalue weighted by atomic mass is 9.78. The van der Waals surface area contributed by atoms with Gasteiger partial charge in [-0.15, -0.1) is 0 Å². The molecule has 0 aromatic heterocycles. The van der Waals surface area contributed by atoms with Crippen LogP contribution in [0, 0.1) is 5.41 Å². The molecule has 3 heteroatoms. The van der Waals surface area contributed by atoms with Crippen LogP contribution in [-0.4, -0.2) is 31.1 Å². The molecule has 1 saturated heterocycles. The summed E-state index contributed by atoms with van der Waals surface area (Å²) in [7, 11) is 0. The van der Waals surface area contributed by atoms with Crippen molar-refractivity contribution in [2.75, 3.05) is 32.0 Å². The molecule has 0 amide bonds. The molecule has 1 fully saturated rings. The highest BCUT2D eigenvalue weighted by Gasteiger charge is 2.27. The zero-order chi connectivity index (χ0) is 13.7. The molecule has 0 spiro atoms. The molecule has 19 heavy (non-hydrogen) atoms. The monoisotopic (exact) mass is 262 g/mol. The quantitative estimate of drug-likeness (QED) is 0.828. The van der Waals surface area contributed by atoms with E-state index in [1.165, 1.54) is 32.4 Å². The van der Waals surface area contributed by atoms with Crippen LogP contribution in [0.1, 0.15) is 33.1 Å². The lowest BCUT2D eigenvalue weighted by Crippen LogP contribution is -2.40. The van der Waals surface area contributed by atoms with Gasteiger partial charge in [0, 0.05) is 6.54 Å². The summed E-state index contributed by atoms with van der Waals surface area (Å²) in [6.07, 6.45) is 3.89. The second kappa shape index (κ2) is 6.29. The van der Waals surface area contributed by atoms with Gasteiger partial charge in [0.1, 0.15) is 12.4 Å². The topological polar surface area (TPSA) is 38.5 Å². The maximum Gasteiger partial charge on any atom is 0.142 e. The number of nitrogens with zero attached hydrogens (tertiary/aromatic N) is 1. The minimum Gasteiger partial charge on any atom is -0.490 e. The zero-order valence-electron chi connectivity index (χ0n) is 12.2. The van der Waals surface area contributed by atoms with Gasteiger partial charge in [0.2, 0.25) is 0 Å². The Morgan fingerprint density at radius 2 is 1.95 bits per heavy atom. The summed E-state index contributed by atoms with van der Waals surface area (Å²) in [5.74, 6) is 0.804. The smallest absolute Gasteiger partial charge is 0.142 e. The van der Waals surface area contributed by atoms with Gasteiger partial charge < -0.3 is 10.5 Å². The van der Waals surface area contributed by atoms with E-state index in [-0.39, 0.29) is 0 Å². The van der Waals surface area contributed by atoms with Gasteiger partial charge in [0.25, 0.3) is 0 Å². The van der Waals surface area contributed by atoms with Crippen molar-refractivity contribution >= 4 is 5.69 Å². The minimum absolute atomic E-state index is 0.557. The average molecular weight is 262 g/mol. The fourth-order valence-corrected chi connectivity index (χ4v) is 2.57. The van der Waals surface area contributed by atoms with Gasteiger partial charge in [0.05, 0.1) is 5.69 Å². The molecule has 2 rings (SSSR count). The molecule has 1 aromatic carbocycles. The van der Waals surface area contributed by atoms with Crippen LogP contribution in [0.3, 0.4) is 0 Å². The number of benzene rings is 1. The second-order valence-electron chi connectivity index (χ2n) is 5.89. The summed E-state index contributed by atoms with van der Waals surface area (Å²) in [6, 6.07) is 7.69. The van der Waals surface area contributed by atoms with E-state index in [4.69, 9.17) is 10.5 Å². The first-order valence-electron chi connectivity index (χ1n) is 7.33. The van der Waals surface area contributed by atoms with Crippen LogP contribution < -0.4 is 10.5 Å². The number of rotatable bonds is 5. The standard InChI is InChI=1S/C16H26N2O/c1-3-16(2)8-10-18(11-9-16)12-13-19-15-7-5-4-6-14(15)17/h4-7H,3,8-13,17H2,1-2H3. The number of hydrogen-bond acceptors (Lipinski definition) is 3. The summed E-state index contributed by atoms with van der Waals surface area (Å²) in [6.45, 7) is 8.81. The maximum atomic E-state index is 5.85. The summed E-state index contributed by atoms with van der Waals surface area (Å²) in [5.41, 5.74) is 7.13. The molecule has 1 aliphatic heterocycles. The number of hydrogen-bond donors (Lipinski definition) is 1. The molecular formula is C16H26N2O. The summed E-state index contributed by atoms with van der Waals surface area (Å²) >= 11 is 0. The van der Waals surface area contributed by atoms with Crippen LogP contribution >= 0.6 is 0 Å². The van der Waals surface area contributed by atoms with Crippen molar-refractivity contribution in [3.63, 3.8) is 0 Å². The van der Waals surface area contributed by atoms with Crippen molar-refractivity contribution in [2.45, 2.75) is 33.1 Å². The number of piperidine rings is 1. The Hall–Kier alpha value is -1.22. The molecule has 1 aliphatic rings. The van der Waals surface area contributed by atoms with E-state index in [0.717, 1.165) is 24.6 Å². The van der Waals surface area contributed by atoms with Gasteiger partial charge in [0.15, 0.2) is 0 Å². The van der Waals surface area contributed by atoms with Crippen LogP contribution in [-0.2, 0) is 0 Å². The van der Waals surface area contributed by atoms with Crippen molar-refractivity contribution in [3.05, 3.63) is 24.3 Å². The third-order valence-electron chi connectivity index (χ3n) is 4.50. The molecule has 2 N–H and O–H groups in total. The highest BCUT2D eigenvalue weighted by atomic mass is 16.5. The molecule has 0 atom stereocenters. The third-order valence-corrected chi connectivity index (χ3v) is 4.50. The first-order chi connectivity index (χ1) is 9.13. The van der Waals surface area contributed by atoms with Crippen molar-refractivity contribution in [1.29, 1.82) is 0 Å². The molecule has 3 nitrogen and oxygen atoms in total. The van der Waals surface area contributed by atoms with Crippen LogP contribution in [0.15, 0.2) is 24.3 Å². The summed E-state index contributed by atoms with van der Waals surface area (Å²) in [5, 5.41) is 0. The SMILES string of the molecule is CCC1(C)CCN(CCOc2ccccc2N)CC1. The summed E-state index contributed by atoms with van der Waals surface area (Å²) in [4.78, 5) is 2.50. The van der Waals surface area contributed by atoms with Crippen LogP contribution in [0.5, 0.6) is 5.75 Å². The van der Waals surface area contributed by atoms with E-state index >= 15 is 0 Å². The van der Waals surface area contributed by atoms with Crippen LogP contribution in [0.2, 0.25) is 0 Å². The van der Waals surface area contributed by atoms with Crippen molar-refractivity contribution in [1.82, 2.24) is 4.90 Å². The third kappa shape index (κ3) is 3.87. The number of anilines is 1. The van der Waals surface area contributed by atoms with Gasteiger partial charge in [-0.1, -0.05) is 32.4 Å². The average Bonchev–Trinajstić information content (AvgIpc) is 2.43. The Bertz CT molecular complexity index is 397. The Morgan fingerprint density at radius 3 is 2.58 bits per heavy atom. The Kier molecular flexibility index (Phi) is 4.70. The Labute approximate surface area is 116 Å². The van der Waals surface area contributed by atoms with Gasteiger partial charge >= 0.3 is 0 Å². The Morgan fingerprint density at radius 1 is 1.26 bits per heavy atom.